The number of thiazole rings is 1. The molecule has 3 rings (SSSR count). The number of allylic oxidation sites excluding steroid dienone is 1. The molecular weight excluding hydrogens is 413 g/mol. The molecule has 1 atom stereocenters. The van der Waals surface area contributed by atoms with E-state index in [1.165, 1.54) is 22.3 Å². The van der Waals surface area contributed by atoms with Crippen molar-refractivity contribution in [1.82, 2.24) is 10.3 Å². The number of carbonyl (C=O) groups excluding carboxylic acids is 1. The number of anilines is 1. The first kappa shape index (κ1) is 19.2. The molecule has 1 unspecified atom stereocenters. The predicted molar refractivity (Wildman–Crippen MR) is 111 cm³/mol. The second kappa shape index (κ2) is 8.44. The van der Waals surface area contributed by atoms with Crippen LogP contribution in [0.3, 0.4) is 0 Å². The molecule has 2 N–H and O–H groups in total. The Hall–Kier alpha value is -1.53. The molecule has 0 saturated carbocycles. The average Bonchev–Trinajstić information content (AvgIpc) is 3.02. The number of alkyl halides is 3. The molecular formula is C18H16Cl3N3OS. The minimum Gasteiger partial charge on any atom is -0.338 e. The highest BCUT2D eigenvalue weighted by Crippen LogP contribution is 2.34. The van der Waals surface area contributed by atoms with Gasteiger partial charge in [0.2, 0.25) is 9.70 Å². The molecule has 1 aromatic heterocycles. The van der Waals surface area contributed by atoms with Crippen LogP contribution in [0.2, 0.25) is 0 Å². The van der Waals surface area contributed by atoms with Crippen molar-refractivity contribution < 1.29 is 4.79 Å². The molecule has 4 nitrogen and oxygen atoms in total. The molecule has 0 spiro atoms. The number of carbonyl (C=O) groups is 1. The summed E-state index contributed by atoms with van der Waals surface area (Å²) in [6.45, 7) is 0. The third-order valence-electron chi connectivity index (χ3n) is 3.65. The number of rotatable bonds is 5. The van der Waals surface area contributed by atoms with Gasteiger partial charge in [0.25, 0.3) is 0 Å². The molecule has 1 aliphatic carbocycles. The molecule has 136 valence electrons. The lowest BCUT2D eigenvalue weighted by Gasteiger charge is -2.25. The zero-order valence-corrected chi connectivity index (χ0v) is 16.7. The topological polar surface area (TPSA) is 54.0 Å². The lowest BCUT2D eigenvalue weighted by molar-refractivity contribution is -0.116. The Morgan fingerprint density at radius 2 is 2.04 bits per heavy atom. The highest BCUT2D eigenvalue weighted by molar-refractivity contribution is 7.15. The number of halogens is 3. The van der Waals surface area contributed by atoms with Crippen molar-refractivity contribution in [3.63, 3.8) is 0 Å². The quantitative estimate of drug-likeness (QED) is 0.398. The third-order valence-corrected chi connectivity index (χ3v) is 5.37. The summed E-state index contributed by atoms with van der Waals surface area (Å²) in [7, 11) is 0. The number of nitrogens with zero attached hydrogens (tertiary/aromatic N) is 1. The van der Waals surface area contributed by atoms with E-state index in [2.05, 4.69) is 21.7 Å². The molecule has 1 aliphatic rings. The molecule has 0 radical (unpaired) electrons. The Labute approximate surface area is 170 Å². The number of hydrogen-bond acceptors (Lipinski definition) is 4. The minimum atomic E-state index is -1.74. The van der Waals surface area contributed by atoms with E-state index >= 15 is 0 Å². The SMILES string of the molecule is O=C(/C=C/c1ccccc1)NC(Nc1nc2c(s1)CCC=C2)C(Cl)(Cl)Cl. The van der Waals surface area contributed by atoms with Gasteiger partial charge in [-0.25, -0.2) is 4.98 Å². The smallest absolute Gasteiger partial charge is 0.245 e. The van der Waals surface area contributed by atoms with E-state index in [-0.39, 0.29) is 5.91 Å². The maximum absolute atomic E-state index is 12.2. The van der Waals surface area contributed by atoms with Gasteiger partial charge < -0.3 is 10.6 Å². The normalized spacial score (nSPS) is 14.9. The molecule has 8 heteroatoms. The van der Waals surface area contributed by atoms with Gasteiger partial charge in [-0.2, -0.15) is 0 Å². The first-order valence-corrected chi connectivity index (χ1v) is 9.90. The Balaban J connectivity index is 1.68. The van der Waals surface area contributed by atoms with Crippen LogP contribution in [0.15, 0.2) is 42.5 Å². The number of nitrogens with one attached hydrogen (secondary N) is 2. The molecule has 0 aliphatic heterocycles. The molecule has 2 aromatic rings. The van der Waals surface area contributed by atoms with Crippen molar-refractivity contribution in [3.8, 4) is 0 Å². The van der Waals surface area contributed by atoms with Crippen LogP contribution in [0.4, 0.5) is 5.13 Å². The first-order chi connectivity index (χ1) is 12.4. The van der Waals surface area contributed by atoms with Gasteiger partial charge in [-0.1, -0.05) is 71.2 Å². The summed E-state index contributed by atoms with van der Waals surface area (Å²) in [5.41, 5.74) is 1.82. The second-order valence-corrected chi connectivity index (χ2v) is 9.09. The van der Waals surface area contributed by atoms with Gasteiger partial charge in [0.1, 0.15) is 6.17 Å². The van der Waals surface area contributed by atoms with Crippen molar-refractivity contribution in [2.24, 2.45) is 0 Å². The number of aryl methyl sites for hydroxylation is 1. The van der Waals surface area contributed by atoms with Crippen LogP contribution >= 0.6 is 46.1 Å². The van der Waals surface area contributed by atoms with Crippen LogP contribution in [0.1, 0.15) is 22.6 Å². The predicted octanol–water partition coefficient (Wildman–Crippen LogP) is 5.04. The van der Waals surface area contributed by atoms with Gasteiger partial charge >= 0.3 is 0 Å². The van der Waals surface area contributed by atoms with Crippen molar-refractivity contribution in [3.05, 3.63) is 58.6 Å². The summed E-state index contributed by atoms with van der Waals surface area (Å²) < 4.78 is -1.74. The Bertz CT molecular complexity index is 828. The van der Waals surface area contributed by atoms with Gasteiger partial charge in [0.15, 0.2) is 5.13 Å². The molecule has 0 bridgehead atoms. The number of hydrogen-bond donors (Lipinski definition) is 2. The number of fused-ring (bicyclic) bond motifs is 1. The van der Waals surface area contributed by atoms with E-state index in [1.807, 2.05) is 36.4 Å². The highest BCUT2D eigenvalue weighted by atomic mass is 35.6. The average molecular weight is 429 g/mol. The van der Waals surface area contributed by atoms with Crippen LogP contribution in [0.25, 0.3) is 12.2 Å². The zero-order chi connectivity index (χ0) is 18.6. The molecule has 1 amide bonds. The highest BCUT2D eigenvalue weighted by Gasteiger charge is 2.34. The molecule has 0 fully saturated rings. The van der Waals surface area contributed by atoms with Crippen LogP contribution < -0.4 is 10.6 Å². The van der Waals surface area contributed by atoms with E-state index in [0.717, 1.165) is 24.1 Å². The molecule has 26 heavy (non-hydrogen) atoms. The summed E-state index contributed by atoms with van der Waals surface area (Å²) >= 11 is 19.6. The maximum atomic E-state index is 12.2. The van der Waals surface area contributed by atoms with E-state index in [0.29, 0.717) is 5.13 Å². The van der Waals surface area contributed by atoms with E-state index in [1.54, 1.807) is 6.08 Å². The van der Waals surface area contributed by atoms with Gasteiger partial charge in [-0.05, 0) is 30.6 Å². The van der Waals surface area contributed by atoms with Crippen molar-refractivity contribution >= 4 is 69.3 Å². The van der Waals surface area contributed by atoms with Gasteiger partial charge in [-0.15, -0.1) is 11.3 Å². The largest absolute Gasteiger partial charge is 0.338 e. The van der Waals surface area contributed by atoms with E-state index < -0.39 is 9.96 Å². The standard InChI is InChI=1S/C18H16Cl3N3OS/c19-18(20,21)16(23-15(25)11-10-12-6-2-1-3-7-12)24-17-22-13-8-4-5-9-14(13)26-17/h1-4,6-8,10-11,16H,5,9H2,(H,22,24)(H,23,25)/b11-10+. The Morgan fingerprint density at radius 1 is 1.27 bits per heavy atom. The van der Waals surface area contributed by atoms with Gasteiger partial charge in [0.05, 0.1) is 5.69 Å². The summed E-state index contributed by atoms with van der Waals surface area (Å²) in [6.07, 6.45) is 8.16. The fourth-order valence-corrected chi connectivity index (χ4v) is 3.71. The van der Waals surface area contributed by atoms with Gasteiger partial charge in [0, 0.05) is 11.0 Å². The van der Waals surface area contributed by atoms with E-state index in [9.17, 15) is 4.79 Å². The number of amides is 1. The summed E-state index contributed by atoms with van der Waals surface area (Å²) in [5.74, 6) is -0.376. The minimum absolute atomic E-state index is 0.376. The van der Waals surface area contributed by atoms with Crippen molar-refractivity contribution in [1.29, 1.82) is 0 Å². The van der Waals surface area contributed by atoms with Crippen LogP contribution in [-0.2, 0) is 11.2 Å². The Morgan fingerprint density at radius 3 is 2.73 bits per heavy atom. The van der Waals surface area contributed by atoms with Crippen molar-refractivity contribution in [2.75, 3.05) is 5.32 Å². The lowest BCUT2D eigenvalue weighted by atomic mass is 10.1. The third kappa shape index (κ3) is 5.24. The number of benzene rings is 1. The fraction of sp³-hybridized carbons (Fsp3) is 0.222. The summed E-state index contributed by atoms with van der Waals surface area (Å²) in [5, 5.41) is 6.29. The summed E-state index contributed by atoms with van der Waals surface area (Å²) in [4.78, 5) is 17.9. The van der Waals surface area contributed by atoms with Crippen LogP contribution in [-0.4, -0.2) is 20.8 Å². The van der Waals surface area contributed by atoms with E-state index in [4.69, 9.17) is 34.8 Å². The number of aromatic nitrogens is 1. The zero-order valence-electron chi connectivity index (χ0n) is 13.6. The molecule has 1 aromatic carbocycles. The lowest BCUT2D eigenvalue weighted by Crippen LogP contribution is -2.48. The monoisotopic (exact) mass is 427 g/mol. The molecule has 1 heterocycles. The summed E-state index contributed by atoms with van der Waals surface area (Å²) in [6, 6.07) is 9.47. The van der Waals surface area contributed by atoms with Crippen molar-refractivity contribution in [2.45, 2.75) is 22.8 Å². The maximum Gasteiger partial charge on any atom is 0.245 e. The van der Waals surface area contributed by atoms with Crippen LogP contribution in [0, 0.1) is 0 Å². The molecule has 0 saturated heterocycles. The fourth-order valence-electron chi connectivity index (χ4n) is 2.39. The first-order valence-electron chi connectivity index (χ1n) is 7.95. The van der Waals surface area contributed by atoms with Gasteiger partial charge in [-0.3, -0.25) is 4.79 Å². The second-order valence-electron chi connectivity index (χ2n) is 5.64. The Kier molecular flexibility index (Phi) is 6.24. The van der Waals surface area contributed by atoms with Crippen LogP contribution in [0.5, 0.6) is 0 Å².